The van der Waals surface area contributed by atoms with Crippen molar-refractivity contribution in [1.82, 2.24) is 0 Å². The molecule has 286 valence electrons. The van der Waals surface area contributed by atoms with Gasteiger partial charge in [0.25, 0.3) is 0 Å². The largest absolute Gasteiger partial charge is 0.458 e. The maximum Gasteiger partial charge on any atom is 0.458 e. The van der Waals surface area contributed by atoms with Crippen LogP contribution < -0.4 is 4.74 Å². The van der Waals surface area contributed by atoms with E-state index in [1.807, 2.05) is 24.3 Å². The van der Waals surface area contributed by atoms with Crippen LogP contribution in [0, 0.1) is 58.6 Å². The third-order valence-corrected chi connectivity index (χ3v) is 8.85. The van der Waals surface area contributed by atoms with Gasteiger partial charge in [-0.1, -0.05) is 62.1 Å². The van der Waals surface area contributed by atoms with E-state index in [1.165, 1.54) is 36.1 Å². The average Bonchev–Trinajstić information content (AvgIpc) is 3.11. The van der Waals surface area contributed by atoms with E-state index in [-0.39, 0.29) is 10.8 Å². The predicted molar refractivity (Wildman–Crippen MR) is 191 cm³/mol. The van der Waals surface area contributed by atoms with Gasteiger partial charge in [0.15, 0.2) is 0 Å². The molecule has 0 heterocycles. The van der Waals surface area contributed by atoms with Crippen molar-refractivity contribution in [3.8, 4) is 40.6 Å². The van der Waals surface area contributed by atoms with Crippen LogP contribution in [0.3, 0.4) is 0 Å². The van der Waals surface area contributed by atoms with Crippen molar-refractivity contribution in [1.29, 1.82) is 0 Å². The molecule has 0 aliphatic rings. The molecule has 0 saturated heterocycles. The lowest BCUT2D eigenvalue weighted by molar-refractivity contribution is -0.189. The van der Waals surface area contributed by atoms with Crippen LogP contribution in [-0.2, 0) is 12.5 Å². The van der Waals surface area contributed by atoms with E-state index in [0.29, 0.717) is 35.9 Å². The maximum absolute atomic E-state index is 15.8. The SMILES string of the molecule is CCCCCCc1ccc(C#Cc2ccc3c(F)c(-c4cc(F)c(C(F)(F)Oc5ccc6c(F)c(C#CC(F)(F)F)c(F)cc6c5)c(F)c4)c(F)cc3c2)cc1. The highest BCUT2D eigenvalue weighted by molar-refractivity contribution is 5.90. The number of aryl methyl sites for hydroxylation is 1. The smallest absolute Gasteiger partial charge is 0.429 e. The number of alkyl halides is 5. The van der Waals surface area contributed by atoms with Crippen LogP contribution in [0.25, 0.3) is 32.7 Å². The predicted octanol–water partition coefficient (Wildman–Crippen LogP) is 13.1. The van der Waals surface area contributed by atoms with Crippen molar-refractivity contribution in [3.05, 3.63) is 148 Å². The molecule has 0 unspecified atom stereocenters. The Hall–Kier alpha value is -6.01. The molecule has 0 radical (unpaired) electrons. The number of fused-ring (bicyclic) bond motifs is 2. The minimum absolute atomic E-state index is 0.0797. The van der Waals surface area contributed by atoms with Gasteiger partial charge in [-0.15, -0.1) is 0 Å². The van der Waals surface area contributed by atoms with E-state index < -0.39 is 86.0 Å². The number of unbranched alkanes of at least 4 members (excludes halogenated alkanes) is 3. The fourth-order valence-corrected chi connectivity index (χ4v) is 6.14. The molecule has 0 spiro atoms. The summed E-state index contributed by atoms with van der Waals surface area (Å²) in [4.78, 5) is 0. The summed E-state index contributed by atoms with van der Waals surface area (Å²) >= 11 is 0. The van der Waals surface area contributed by atoms with Crippen molar-refractivity contribution < 1.29 is 53.0 Å². The Bertz CT molecular complexity index is 2560. The lowest BCUT2D eigenvalue weighted by Crippen LogP contribution is -2.25. The van der Waals surface area contributed by atoms with Crippen molar-refractivity contribution in [2.24, 2.45) is 0 Å². The van der Waals surface area contributed by atoms with Gasteiger partial charge in [-0.2, -0.15) is 22.0 Å². The molecule has 12 heteroatoms. The van der Waals surface area contributed by atoms with E-state index in [1.54, 1.807) is 0 Å². The van der Waals surface area contributed by atoms with Crippen LogP contribution in [0.2, 0.25) is 0 Å². The van der Waals surface area contributed by atoms with Crippen LogP contribution in [0.4, 0.5) is 48.3 Å². The average molecular weight is 781 g/mol. The van der Waals surface area contributed by atoms with Gasteiger partial charge in [-0.3, -0.25) is 0 Å². The van der Waals surface area contributed by atoms with E-state index in [4.69, 9.17) is 0 Å². The Kier molecular flexibility index (Phi) is 11.3. The standard InChI is InChI=1S/C44H27F11O/c1-2-3-4-5-6-25-7-9-26(10-8-25)11-12-27-13-15-33-28(19-27)22-36(46)39(42(33)50)30-23-37(47)40(38(48)24-30)44(54,55)56-31-14-16-32-29(20-31)21-35(45)34(41(32)49)17-18-43(51,52)53/h7-10,13-16,19-24H,2-6H2,1H3. The summed E-state index contributed by atoms with van der Waals surface area (Å²) in [5.41, 5.74) is -2.45. The number of halogens is 11. The molecule has 1 nitrogen and oxygen atoms in total. The van der Waals surface area contributed by atoms with Gasteiger partial charge in [0.1, 0.15) is 46.2 Å². The Morgan fingerprint density at radius 3 is 1.86 bits per heavy atom. The minimum Gasteiger partial charge on any atom is -0.429 e. The van der Waals surface area contributed by atoms with Crippen molar-refractivity contribution >= 4 is 21.5 Å². The van der Waals surface area contributed by atoms with Gasteiger partial charge < -0.3 is 4.74 Å². The van der Waals surface area contributed by atoms with E-state index >= 15 is 26.3 Å². The number of hydrogen-bond acceptors (Lipinski definition) is 1. The molecule has 0 aliphatic carbocycles. The summed E-state index contributed by atoms with van der Waals surface area (Å²) < 4.78 is 163. The lowest BCUT2D eigenvalue weighted by atomic mass is 9.97. The monoisotopic (exact) mass is 780 g/mol. The number of benzene rings is 6. The van der Waals surface area contributed by atoms with Crippen LogP contribution in [0.1, 0.15) is 60.4 Å². The molecule has 56 heavy (non-hydrogen) atoms. The fraction of sp³-hybridized carbons (Fsp3) is 0.182. The first kappa shape index (κ1) is 39.7. The molecule has 0 aromatic heterocycles. The van der Waals surface area contributed by atoms with Crippen LogP contribution >= 0.6 is 0 Å². The van der Waals surface area contributed by atoms with Gasteiger partial charge in [-0.05, 0) is 101 Å². The highest BCUT2D eigenvalue weighted by atomic mass is 19.4. The molecule has 6 aromatic rings. The molecule has 6 rings (SSSR count). The molecule has 0 saturated carbocycles. The number of rotatable bonds is 9. The molecular formula is C44H27F11O. The summed E-state index contributed by atoms with van der Waals surface area (Å²) in [6.07, 6.45) is -4.29. The van der Waals surface area contributed by atoms with Crippen LogP contribution in [0.5, 0.6) is 5.75 Å². The van der Waals surface area contributed by atoms with E-state index in [9.17, 15) is 22.0 Å². The van der Waals surface area contributed by atoms with Gasteiger partial charge in [0.2, 0.25) is 0 Å². The second-order valence-corrected chi connectivity index (χ2v) is 12.9. The van der Waals surface area contributed by atoms with Gasteiger partial charge in [0, 0.05) is 27.8 Å². The van der Waals surface area contributed by atoms with Crippen LogP contribution in [0.15, 0.2) is 84.9 Å². The second kappa shape index (κ2) is 16.0. The highest BCUT2D eigenvalue weighted by Crippen LogP contribution is 2.40. The van der Waals surface area contributed by atoms with Gasteiger partial charge in [0.05, 0.1) is 11.1 Å². The summed E-state index contributed by atoms with van der Waals surface area (Å²) in [5, 5.41) is -1.04. The summed E-state index contributed by atoms with van der Waals surface area (Å²) in [6, 6.07) is 16.1. The van der Waals surface area contributed by atoms with Crippen molar-refractivity contribution in [3.63, 3.8) is 0 Å². The van der Waals surface area contributed by atoms with Crippen molar-refractivity contribution in [2.75, 3.05) is 0 Å². The second-order valence-electron chi connectivity index (χ2n) is 12.9. The first-order valence-corrected chi connectivity index (χ1v) is 17.2. The van der Waals surface area contributed by atoms with Crippen molar-refractivity contribution in [2.45, 2.75) is 51.3 Å². The highest BCUT2D eigenvalue weighted by Gasteiger charge is 2.41. The molecule has 0 bridgehead atoms. The van der Waals surface area contributed by atoms with Gasteiger partial charge >= 0.3 is 12.3 Å². The fourth-order valence-electron chi connectivity index (χ4n) is 6.14. The Balaban J connectivity index is 1.24. The van der Waals surface area contributed by atoms with Crippen LogP contribution in [-0.4, -0.2) is 6.18 Å². The Morgan fingerprint density at radius 1 is 0.571 bits per heavy atom. The quantitative estimate of drug-likeness (QED) is 0.0807. The van der Waals surface area contributed by atoms with E-state index in [0.717, 1.165) is 49.3 Å². The molecular weight excluding hydrogens is 753 g/mol. The molecule has 0 amide bonds. The zero-order valence-corrected chi connectivity index (χ0v) is 29.2. The topological polar surface area (TPSA) is 9.23 Å². The summed E-state index contributed by atoms with van der Waals surface area (Å²) in [5.74, 6) is -2.23. The lowest BCUT2D eigenvalue weighted by Gasteiger charge is -2.20. The van der Waals surface area contributed by atoms with Gasteiger partial charge in [-0.25, -0.2) is 26.3 Å². The first-order chi connectivity index (χ1) is 26.5. The molecule has 0 fully saturated rings. The summed E-state index contributed by atoms with van der Waals surface area (Å²) in [6.45, 7) is 2.15. The number of hydrogen-bond donors (Lipinski definition) is 0. The number of ether oxygens (including phenoxy) is 1. The normalized spacial score (nSPS) is 11.6. The Labute approximate surface area is 313 Å². The summed E-state index contributed by atoms with van der Waals surface area (Å²) in [7, 11) is 0. The molecule has 0 aliphatic heterocycles. The maximum atomic E-state index is 15.8. The molecule has 6 aromatic carbocycles. The molecule has 0 N–H and O–H groups in total. The Morgan fingerprint density at radius 2 is 1.18 bits per heavy atom. The van der Waals surface area contributed by atoms with E-state index in [2.05, 4.69) is 23.5 Å². The first-order valence-electron chi connectivity index (χ1n) is 17.2. The zero-order valence-electron chi connectivity index (χ0n) is 29.2. The third kappa shape index (κ3) is 8.76. The third-order valence-electron chi connectivity index (χ3n) is 8.85. The minimum atomic E-state index is -5.06. The molecule has 0 atom stereocenters. The zero-order chi connectivity index (χ0) is 40.4.